The lowest BCUT2D eigenvalue weighted by Gasteiger charge is -2.41. The fourth-order valence-electron chi connectivity index (χ4n) is 4.43. The number of aryl methyl sites for hydroxylation is 1. The molecule has 7 nitrogen and oxygen atoms in total. The maximum absolute atomic E-state index is 4.74. The number of hydrogen-bond donors (Lipinski definition) is 0. The first-order valence-corrected chi connectivity index (χ1v) is 10.4. The maximum atomic E-state index is 4.74. The van der Waals surface area contributed by atoms with Crippen molar-refractivity contribution in [3.05, 3.63) is 29.8 Å². The number of hydrogen-bond acceptors (Lipinski definition) is 6. The Kier molecular flexibility index (Phi) is 6.69. The molecule has 0 unspecified atom stereocenters. The predicted octanol–water partition coefficient (Wildman–Crippen LogP) is 2.89. The minimum atomic E-state index is 0. The highest BCUT2D eigenvalue weighted by Gasteiger charge is 2.30. The molecule has 0 spiro atoms. The average molecular weight is 420 g/mol. The fourth-order valence-corrected chi connectivity index (χ4v) is 4.43. The van der Waals surface area contributed by atoms with E-state index in [9.17, 15) is 0 Å². The summed E-state index contributed by atoms with van der Waals surface area (Å²) in [5, 5.41) is 4.38. The van der Waals surface area contributed by atoms with E-state index in [1.807, 2.05) is 30.3 Å². The third-order valence-electron chi connectivity index (χ3n) is 6.26. The number of aromatic nitrogens is 4. The van der Waals surface area contributed by atoms with Gasteiger partial charge in [0.1, 0.15) is 0 Å². The Morgan fingerprint density at radius 2 is 1.62 bits per heavy atom. The second kappa shape index (κ2) is 8.88. The molecule has 2 aliphatic rings. The lowest BCUT2D eigenvalue weighted by molar-refractivity contribution is 0.248. The van der Waals surface area contributed by atoms with E-state index in [-0.39, 0.29) is 12.4 Å². The van der Waals surface area contributed by atoms with Gasteiger partial charge in [-0.2, -0.15) is 5.10 Å². The Morgan fingerprint density at radius 3 is 2.21 bits per heavy atom. The molecular formula is C21H34ClN7. The third-order valence-corrected chi connectivity index (χ3v) is 6.26. The summed E-state index contributed by atoms with van der Waals surface area (Å²) in [4.78, 5) is 16.9. The first-order chi connectivity index (χ1) is 13.4. The van der Waals surface area contributed by atoms with Crippen molar-refractivity contribution in [3.8, 4) is 0 Å². The van der Waals surface area contributed by atoms with Crippen molar-refractivity contribution in [1.29, 1.82) is 0 Å². The summed E-state index contributed by atoms with van der Waals surface area (Å²) in [6.07, 6.45) is 8.18. The van der Waals surface area contributed by atoms with Gasteiger partial charge in [-0.15, -0.1) is 12.4 Å². The Morgan fingerprint density at radius 1 is 0.966 bits per heavy atom. The van der Waals surface area contributed by atoms with Crippen LogP contribution in [0.1, 0.15) is 37.9 Å². The van der Waals surface area contributed by atoms with Crippen LogP contribution in [0.25, 0.3) is 0 Å². The Hall–Kier alpha value is -1.86. The second-order valence-electron chi connectivity index (χ2n) is 9.03. The zero-order chi connectivity index (χ0) is 19.7. The molecule has 160 valence electrons. The van der Waals surface area contributed by atoms with Crippen molar-refractivity contribution < 1.29 is 0 Å². The monoisotopic (exact) mass is 419 g/mol. The van der Waals surface area contributed by atoms with Crippen molar-refractivity contribution >= 4 is 24.0 Å². The Bertz CT molecular complexity index is 811. The van der Waals surface area contributed by atoms with E-state index in [2.05, 4.69) is 40.6 Å². The van der Waals surface area contributed by atoms with Crippen LogP contribution in [0, 0.1) is 12.3 Å². The van der Waals surface area contributed by atoms with E-state index >= 15 is 0 Å². The molecule has 2 fully saturated rings. The molecule has 2 saturated heterocycles. The summed E-state index contributed by atoms with van der Waals surface area (Å²) in [6, 6.07) is 0. The number of piperazine rings is 1. The van der Waals surface area contributed by atoms with Gasteiger partial charge in [0.05, 0.1) is 6.20 Å². The summed E-state index contributed by atoms with van der Waals surface area (Å²) < 4.78 is 1.96. The molecule has 0 radical (unpaired) electrons. The molecule has 4 heterocycles. The number of piperidine rings is 1. The van der Waals surface area contributed by atoms with Crippen LogP contribution in [-0.2, 0) is 13.6 Å². The van der Waals surface area contributed by atoms with Crippen LogP contribution < -0.4 is 9.80 Å². The Labute approximate surface area is 180 Å². The molecule has 29 heavy (non-hydrogen) atoms. The van der Waals surface area contributed by atoms with Crippen LogP contribution in [0.4, 0.5) is 11.6 Å². The van der Waals surface area contributed by atoms with Crippen LogP contribution in [0.3, 0.4) is 0 Å². The molecule has 0 aromatic carbocycles. The second-order valence-corrected chi connectivity index (χ2v) is 9.03. The van der Waals surface area contributed by atoms with E-state index < -0.39 is 0 Å². The minimum absolute atomic E-state index is 0. The lowest BCUT2D eigenvalue weighted by Crippen LogP contribution is -2.47. The largest absolute Gasteiger partial charge is 0.353 e. The zero-order valence-electron chi connectivity index (χ0n) is 18.1. The highest BCUT2D eigenvalue weighted by Crippen LogP contribution is 2.34. The molecule has 4 rings (SSSR count). The molecule has 0 atom stereocenters. The quantitative estimate of drug-likeness (QED) is 0.759. The third kappa shape index (κ3) is 4.83. The normalized spacial score (nSPS) is 19.9. The SMILES string of the molecule is Cc1c(CN2CCN(c3nccnc3N3CCCC(C)(C)C3)CC2)cnn1C.Cl. The molecular weight excluding hydrogens is 386 g/mol. The number of anilines is 2. The predicted molar refractivity (Wildman–Crippen MR) is 120 cm³/mol. The van der Waals surface area contributed by atoms with Crippen molar-refractivity contribution in [2.75, 3.05) is 49.1 Å². The van der Waals surface area contributed by atoms with Crippen molar-refractivity contribution in [3.63, 3.8) is 0 Å². The van der Waals surface area contributed by atoms with Gasteiger partial charge in [0.25, 0.3) is 0 Å². The molecule has 2 aromatic heterocycles. The first-order valence-electron chi connectivity index (χ1n) is 10.4. The lowest BCUT2D eigenvalue weighted by atomic mass is 9.84. The van der Waals surface area contributed by atoms with E-state index in [1.54, 1.807) is 0 Å². The van der Waals surface area contributed by atoms with Crippen molar-refractivity contribution in [2.45, 2.75) is 40.2 Å². The minimum Gasteiger partial charge on any atom is -0.353 e. The average Bonchev–Trinajstić information content (AvgIpc) is 3.00. The van der Waals surface area contributed by atoms with Crippen molar-refractivity contribution in [1.82, 2.24) is 24.6 Å². The molecule has 0 saturated carbocycles. The smallest absolute Gasteiger partial charge is 0.172 e. The topological polar surface area (TPSA) is 53.3 Å². The van der Waals surface area contributed by atoms with Gasteiger partial charge >= 0.3 is 0 Å². The van der Waals surface area contributed by atoms with Gasteiger partial charge in [-0.1, -0.05) is 13.8 Å². The summed E-state index contributed by atoms with van der Waals surface area (Å²) in [7, 11) is 2.01. The van der Waals surface area contributed by atoms with Gasteiger partial charge < -0.3 is 9.80 Å². The highest BCUT2D eigenvalue weighted by atomic mass is 35.5. The highest BCUT2D eigenvalue weighted by molar-refractivity contribution is 5.85. The molecule has 0 aliphatic carbocycles. The van der Waals surface area contributed by atoms with Crippen LogP contribution in [0.5, 0.6) is 0 Å². The number of halogens is 1. The number of nitrogens with zero attached hydrogens (tertiary/aromatic N) is 7. The van der Waals surface area contributed by atoms with E-state index in [0.717, 1.165) is 57.4 Å². The molecule has 2 aliphatic heterocycles. The van der Waals surface area contributed by atoms with Crippen LogP contribution in [0.2, 0.25) is 0 Å². The van der Waals surface area contributed by atoms with Gasteiger partial charge in [0, 0.05) is 76.5 Å². The van der Waals surface area contributed by atoms with Gasteiger partial charge in [0.2, 0.25) is 0 Å². The summed E-state index contributed by atoms with van der Waals surface area (Å²) in [6.45, 7) is 14.0. The van der Waals surface area contributed by atoms with E-state index in [4.69, 9.17) is 9.97 Å². The summed E-state index contributed by atoms with van der Waals surface area (Å²) >= 11 is 0. The molecule has 8 heteroatoms. The standard InChI is InChI=1S/C21H33N7.ClH/c1-17-18(14-24-25(17)4)15-26-10-12-27(13-11-26)19-20(23-8-7-22-19)28-9-5-6-21(2,3)16-28;/h7-8,14H,5-6,9-13,15-16H2,1-4H3;1H. The van der Waals surface area contributed by atoms with Gasteiger partial charge in [0.15, 0.2) is 11.6 Å². The van der Waals surface area contributed by atoms with Gasteiger partial charge in [-0.3, -0.25) is 9.58 Å². The maximum Gasteiger partial charge on any atom is 0.172 e. The molecule has 0 amide bonds. The van der Waals surface area contributed by atoms with Crippen LogP contribution >= 0.6 is 12.4 Å². The van der Waals surface area contributed by atoms with Crippen molar-refractivity contribution in [2.24, 2.45) is 12.5 Å². The molecule has 0 N–H and O–H groups in total. The van der Waals surface area contributed by atoms with Crippen LogP contribution in [0.15, 0.2) is 18.6 Å². The van der Waals surface area contributed by atoms with E-state index in [0.29, 0.717) is 5.41 Å². The molecule has 2 aromatic rings. The van der Waals surface area contributed by atoms with E-state index in [1.165, 1.54) is 24.1 Å². The molecule has 0 bridgehead atoms. The van der Waals surface area contributed by atoms with Gasteiger partial charge in [-0.25, -0.2) is 9.97 Å². The number of rotatable bonds is 4. The first kappa shape index (κ1) is 21.8. The fraction of sp³-hybridized carbons (Fsp3) is 0.667. The van der Waals surface area contributed by atoms with Crippen LogP contribution in [-0.4, -0.2) is 63.9 Å². The van der Waals surface area contributed by atoms with Gasteiger partial charge in [-0.05, 0) is 25.2 Å². The Balaban J connectivity index is 0.00000240. The summed E-state index contributed by atoms with van der Waals surface area (Å²) in [5.74, 6) is 2.12. The summed E-state index contributed by atoms with van der Waals surface area (Å²) in [5.41, 5.74) is 2.92. The zero-order valence-corrected chi connectivity index (χ0v) is 19.0.